The molecule has 62 valence electrons. The summed E-state index contributed by atoms with van der Waals surface area (Å²) in [7, 11) is 0. The number of aryl methyl sites for hydroxylation is 1. The molecule has 1 rings (SSSR count). The van der Waals surface area contributed by atoms with E-state index in [0.29, 0.717) is 6.54 Å². The van der Waals surface area contributed by atoms with Crippen molar-refractivity contribution in [1.82, 2.24) is 4.57 Å². The molecule has 0 saturated heterocycles. The number of aliphatic hydroxyl groups excluding tert-OH is 1. The highest BCUT2D eigenvalue weighted by molar-refractivity contribution is 4.78. The monoisotopic (exact) mass is 155 g/mol. The summed E-state index contributed by atoms with van der Waals surface area (Å²) in [5.41, 5.74) is 0. The van der Waals surface area contributed by atoms with Gasteiger partial charge in [-0.1, -0.05) is 0 Å². The van der Waals surface area contributed by atoms with Crippen LogP contribution in [0.25, 0.3) is 0 Å². The summed E-state index contributed by atoms with van der Waals surface area (Å²) < 4.78 is 4.19. The average Bonchev–Trinajstić information content (AvgIpc) is 2.34. The first kappa shape index (κ1) is 8.27. The SMILES string of the molecule is CCn1cc[n+](CCO)c1C. The van der Waals surface area contributed by atoms with E-state index in [2.05, 4.69) is 18.4 Å². The van der Waals surface area contributed by atoms with E-state index in [1.54, 1.807) is 0 Å². The first-order valence-electron chi connectivity index (χ1n) is 3.95. The highest BCUT2D eigenvalue weighted by atomic mass is 16.3. The van der Waals surface area contributed by atoms with Crippen molar-refractivity contribution >= 4 is 0 Å². The molecule has 3 nitrogen and oxygen atoms in total. The molecule has 0 aliphatic heterocycles. The van der Waals surface area contributed by atoms with Crippen LogP contribution in [0.1, 0.15) is 12.7 Å². The minimum absolute atomic E-state index is 0.208. The number of imidazole rings is 1. The Labute approximate surface area is 66.9 Å². The Hall–Kier alpha value is -0.830. The normalized spacial score (nSPS) is 10.5. The third-order valence-electron chi connectivity index (χ3n) is 1.94. The summed E-state index contributed by atoms with van der Waals surface area (Å²) in [5.74, 6) is 1.20. The van der Waals surface area contributed by atoms with Crippen LogP contribution in [0, 0.1) is 6.92 Å². The molecule has 0 spiro atoms. The van der Waals surface area contributed by atoms with E-state index < -0.39 is 0 Å². The van der Waals surface area contributed by atoms with Crippen LogP contribution in [0.4, 0.5) is 0 Å². The largest absolute Gasteiger partial charge is 0.392 e. The van der Waals surface area contributed by atoms with Gasteiger partial charge in [-0.3, -0.25) is 0 Å². The fraction of sp³-hybridized carbons (Fsp3) is 0.625. The van der Waals surface area contributed by atoms with E-state index in [0.717, 1.165) is 6.54 Å². The Bertz CT molecular complexity index is 230. The number of aliphatic hydroxyl groups is 1. The molecular formula is C8H15N2O+. The van der Waals surface area contributed by atoms with Crippen molar-refractivity contribution in [3.63, 3.8) is 0 Å². The van der Waals surface area contributed by atoms with Crippen LogP contribution in [-0.2, 0) is 13.1 Å². The van der Waals surface area contributed by atoms with E-state index in [1.807, 2.05) is 17.0 Å². The first-order valence-corrected chi connectivity index (χ1v) is 3.95. The standard InChI is InChI=1S/C8H15N2O/c1-3-9-4-5-10(6-7-11)8(9)2/h4-5,11H,3,6-7H2,1-2H3/q+1. The van der Waals surface area contributed by atoms with Gasteiger partial charge in [0, 0.05) is 6.92 Å². The zero-order valence-electron chi connectivity index (χ0n) is 7.12. The highest BCUT2D eigenvalue weighted by Gasteiger charge is 2.08. The van der Waals surface area contributed by atoms with Gasteiger partial charge < -0.3 is 5.11 Å². The van der Waals surface area contributed by atoms with Crippen LogP contribution in [0.5, 0.6) is 0 Å². The number of hydrogen-bond donors (Lipinski definition) is 1. The Kier molecular flexibility index (Phi) is 2.65. The van der Waals surface area contributed by atoms with E-state index in [9.17, 15) is 0 Å². The Balaban J connectivity index is 2.82. The second kappa shape index (κ2) is 3.53. The van der Waals surface area contributed by atoms with E-state index in [-0.39, 0.29) is 6.61 Å². The van der Waals surface area contributed by atoms with Crippen molar-refractivity contribution in [1.29, 1.82) is 0 Å². The fourth-order valence-corrected chi connectivity index (χ4v) is 1.22. The maximum atomic E-state index is 8.70. The number of hydrogen-bond acceptors (Lipinski definition) is 1. The van der Waals surface area contributed by atoms with E-state index >= 15 is 0 Å². The van der Waals surface area contributed by atoms with Crippen LogP contribution in [0.15, 0.2) is 12.4 Å². The second-order valence-corrected chi connectivity index (χ2v) is 2.55. The first-order chi connectivity index (χ1) is 5.29. The van der Waals surface area contributed by atoms with Gasteiger partial charge >= 0.3 is 0 Å². The molecule has 0 saturated carbocycles. The molecule has 11 heavy (non-hydrogen) atoms. The summed E-state index contributed by atoms with van der Waals surface area (Å²) in [6, 6.07) is 0. The summed E-state index contributed by atoms with van der Waals surface area (Å²) in [5, 5.41) is 8.70. The predicted octanol–water partition coefficient (Wildman–Crippen LogP) is 0.0962. The number of rotatable bonds is 3. The summed E-state index contributed by atoms with van der Waals surface area (Å²) >= 11 is 0. The maximum absolute atomic E-state index is 8.70. The molecule has 1 N–H and O–H groups in total. The quantitative estimate of drug-likeness (QED) is 0.616. The molecule has 1 aromatic rings. The van der Waals surface area contributed by atoms with E-state index in [1.165, 1.54) is 5.82 Å². The van der Waals surface area contributed by atoms with Gasteiger partial charge in [0.15, 0.2) is 0 Å². The van der Waals surface area contributed by atoms with Crippen molar-refractivity contribution in [2.24, 2.45) is 0 Å². The molecule has 0 bridgehead atoms. The second-order valence-electron chi connectivity index (χ2n) is 2.55. The predicted molar refractivity (Wildman–Crippen MR) is 42.1 cm³/mol. The van der Waals surface area contributed by atoms with Gasteiger partial charge in [0.25, 0.3) is 5.82 Å². The molecule has 0 aromatic carbocycles. The summed E-state index contributed by atoms with van der Waals surface area (Å²) in [4.78, 5) is 0. The van der Waals surface area contributed by atoms with Crippen molar-refractivity contribution < 1.29 is 9.67 Å². The van der Waals surface area contributed by atoms with Crippen molar-refractivity contribution in [2.75, 3.05) is 6.61 Å². The smallest absolute Gasteiger partial charge is 0.253 e. The molecule has 1 aromatic heterocycles. The van der Waals surface area contributed by atoms with Gasteiger partial charge in [-0.25, -0.2) is 9.13 Å². The minimum Gasteiger partial charge on any atom is -0.392 e. The van der Waals surface area contributed by atoms with Gasteiger partial charge in [0.05, 0.1) is 13.2 Å². The Morgan fingerprint density at radius 2 is 2.36 bits per heavy atom. The van der Waals surface area contributed by atoms with Crippen LogP contribution in [-0.4, -0.2) is 16.3 Å². The van der Waals surface area contributed by atoms with Gasteiger partial charge in [0.1, 0.15) is 18.9 Å². The van der Waals surface area contributed by atoms with Crippen LogP contribution in [0.2, 0.25) is 0 Å². The van der Waals surface area contributed by atoms with Gasteiger partial charge in [-0.05, 0) is 6.92 Å². The highest BCUT2D eigenvalue weighted by Crippen LogP contribution is 1.91. The lowest BCUT2D eigenvalue weighted by molar-refractivity contribution is -0.703. The molecule has 0 amide bonds. The molecule has 3 heteroatoms. The zero-order valence-corrected chi connectivity index (χ0v) is 7.12. The lowest BCUT2D eigenvalue weighted by atomic mass is 10.6. The molecule has 1 heterocycles. The minimum atomic E-state index is 0.208. The number of aromatic nitrogens is 2. The van der Waals surface area contributed by atoms with Crippen molar-refractivity contribution in [2.45, 2.75) is 26.9 Å². The third-order valence-corrected chi connectivity index (χ3v) is 1.94. The number of nitrogens with zero attached hydrogens (tertiary/aromatic N) is 2. The van der Waals surface area contributed by atoms with Crippen LogP contribution in [0.3, 0.4) is 0 Å². The molecule has 0 aliphatic rings. The fourth-order valence-electron chi connectivity index (χ4n) is 1.22. The molecule has 0 atom stereocenters. The Morgan fingerprint density at radius 1 is 1.64 bits per heavy atom. The van der Waals surface area contributed by atoms with E-state index in [4.69, 9.17) is 5.11 Å². The molecule has 0 unspecified atom stereocenters. The van der Waals surface area contributed by atoms with Gasteiger partial charge in [-0.15, -0.1) is 0 Å². The van der Waals surface area contributed by atoms with Crippen LogP contribution >= 0.6 is 0 Å². The lowest BCUT2D eigenvalue weighted by Gasteiger charge is -1.95. The molecule has 0 aliphatic carbocycles. The Morgan fingerprint density at radius 3 is 2.82 bits per heavy atom. The third kappa shape index (κ3) is 1.60. The molecular weight excluding hydrogens is 140 g/mol. The summed E-state index contributed by atoms with van der Waals surface area (Å²) in [6.07, 6.45) is 4.03. The lowest BCUT2D eigenvalue weighted by Crippen LogP contribution is -2.37. The van der Waals surface area contributed by atoms with Gasteiger partial charge in [-0.2, -0.15) is 0 Å². The van der Waals surface area contributed by atoms with Crippen molar-refractivity contribution in [3.05, 3.63) is 18.2 Å². The maximum Gasteiger partial charge on any atom is 0.253 e. The zero-order chi connectivity index (χ0) is 8.27. The van der Waals surface area contributed by atoms with Gasteiger partial charge in [0.2, 0.25) is 0 Å². The summed E-state index contributed by atoms with van der Waals surface area (Å²) in [6.45, 7) is 6.05. The van der Waals surface area contributed by atoms with Crippen LogP contribution < -0.4 is 4.57 Å². The van der Waals surface area contributed by atoms with Crippen molar-refractivity contribution in [3.8, 4) is 0 Å². The average molecular weight is 155 g/mol. The molecule has 0 fully saturated rings. The molecule has 0 radical (unpaired) electrons. The topological polar surface area (TPSA) is 29.0 Å².